The minimum absolute atomic E-state index is 0.0397. The number of rotatable bonds is 6. The molecule has 1 N–H and O–H groups in total. The van der Waals surface area contributed by atoms with Gasteiger partial charge in [0.05, 0.1) is 0 Å². The molecule has 1 rings (SSSR count). The molecule has 1 aromatic rings. The first-order chi connectivity index (χ1) is 9.61. The quantitative estimate of drug-likeness (QED) is 0.615. The minimum atomic E-state index is -1.09. The molecule has 0 atom stereocenters. The molecule has 0 bridgehead atoms. The third kappa shape index (κ3) is 4.86. The van der Waals surface area contributed by atoms with Gasteiger partial charge in [-0.05, 0) is 30.7 Å². The molecule has 1 heterocycles. The summed E-state index contributed by atoms with van der Waals surface area (Å²) in [6.45, 7) is 5.06. The molecule has 116 valence electrons. The van der Waals surface area contributed by atoms with Crippen LogP contribution in [0.15, 0.2) is 12.5 Å². The van der Waals surface area contributed by atoms with Gasteiger partial charge in [0.1, 0.15) is 12.7 Å². The predicted molar refractivity (Wildman–Crippen MR) is 72.6 cm³/mol. The van der Waals surface area contributed by atoms with E-state index >= 15 is 0 Å². The molecule has 9 heteroatoms. The Kier molecular flexibility index (Phi) is 5.01. The van der Waals surface area contributed by atoms with Crippen LogP contribution in [0.3, 0.4) is 0 Å². The van der Waals surface area contributed by atoms with Crippen LogP contribution in [0.4, 0.5) is 5.82 Å². The number of aromatic nitrogens is 2. The van der Waals surface area contributed by atoms with Crippen LogP contribution >= 0.6 is 0 Å². The third-order valence-corrected chi connectivity index (χ3v) is 2.79. The van der Waals surface area contributed by atoms with Crippen LogP contribution in [-0.2, 0) is 16.1 Å². The molecular weight excluding hydrogens is 280 g/mol. The van der Waals surface area contributed by atoms with Crippen LogP contribution in [0.2, 0.25) is 0 Å². The van der Waals surface area contributed by atoms with Gasteiger partial charge in [0.2, 0.25) is 12.2 Å². The van der Waals surface area contributed by atoms with Crippen LogP contribution < -0.4 is 0 Å². The van der Waals surface area contributed by atoms with Crippen LogP contribution in [0.1, 0.15) is 27.2 Å². The first kappa shape index (κ1) is 16.6. The average Bonchev–Trinajstić information content (AvgIpc) is 2.80. The fourth-order valence-electron chi connectivity index (χ4n) is 1.76. The molecule has 0 aliphatic carbocycles. The van der Waals surface area contributed by atoms with Crippen molar-refractivity contribution < 1.29 is 19.6 Å². The van der Waals surface area contributed by atoms with Gasteiger partial charge in [-0.15, -0.1) is 0 Å². The van der Waals surface area contributed by atoms with E-state index in [1.54, 1.807) is 20.8 Å². The highest BCUT2D eigenvalue weighted by Gasteiger charge is 2.28. The monoisotopic (exact) mass is 298 g/mol. The lowest BCUT2D eigenvalue weighted by Crippen LogP contribution is -2.48. The second kappa shape index (κ2) is 6.33. The average molecular weight is 298 g/mol. The lowest BCUT2D eigenvalue weighted by atomic mass is 10.1. The van der Waals surface area contributed by atoms with Crippen LogP contribution in [0.25, 0.3) is 0 Å². The fraction of sp³-hybridized carbons (Fsp3) is 0.583. The molecule has 0 unspecified atom stereocenters. The number of hydrogen-bond acceptors (Lipinski definition) is 5. The maximum absolute atomic E-state index is 12.1. The van der Waals surface area contributed by atoms with Crippen molar-refractivity contribution >= 4 is 17.7 Å². The summed E-state index contributed by atoms with van der Waals surface area (Å²) in [5.41, 5.74) is -0.615. The zero-order valence-corrected chi connectivity index (χ0v) is 12.1. The summed E-state index contributed by atoms with van der Waals surface area (Å²) in [7, 11) is 0. The number of aliphatic carboxylic acids is 1. The lowest BCUT2D eigenvalue weighted by molar-refractivity contribution is -0.389. The molecule has 0 saturated carbocycles. The topological polar surface area (TPSA) is 119 Å². The summed E-state index contributed by atoms with van der Waals surface area (Å²) in [6, 6.07) is 0. The second-order valence-electron chi connectivity index (χ2n) is 5.52. The Balaban J connectivity index is 2.68. The van der Waals surface area contributed by atoms with Gasteiger partial charge in [-0.25, -0.2) is 0 Å². The van der Waals surface area contributed by atoms with E-state index in [0.717, 1.165) is 0 Å². The number of nitro groups is 1. The summed E-state index contributed by atoms with van der Waals surface area (Å²) < 4.78 is 1.43. The third-order valence-electron chi connectivity index (χ3n) is 2.79. The number of amides is 1. The molecular formula is C12H18N4O5. The number of carbonyl (C=O) groups excluding carboxylic acids is 1. The zero-order chi connectivity index (χ0) is 16.2. The van der Waals surface area contributed by atoms with Crippen molar-refractivity contribution in [2.45, 2.75) is 39.3 Å². The van der Waals surface area contributed by atoms with E-state index in [1.165, 1.54) is 22.0 Å². The number of carboxylic acids is 1. The fourth-order valence-corrected chi connectivity index (χ4v) is 1.76. The SMILES string of the molecule is CC(C)(C)N(CC(=O)O)C(=O)CCn1cnc([N+](=O)[O-])c1. The van der Waals surface area contributed by atoms with E-state index < -0.39 is 16.4 Å². The number of aryl methyl sites for hydroxylation is 1. The lowest BCUT2D eigenvalue weighted by Gasteiger charge is -2.34. The van der Waals surface area contributed by atoms with E-state index in [2.05, 4.69) is 4.98 Å². The Morgan fingerprint density at radius 2 is 2.10 bits per heavy atom. The summed E-state index contributed by atoms with van der Waals surface area (Å²) in [5, 5.41) is 19.4. The number of nitrogens with zero attached hydrogens (tertiary/aromatic N) is 4. The van der Waals surface area contributed by atoms with Gasteiger partial charge >= 0.3 is 11.8 Å². The van der Waals surface area contributed by atoms with Crippen LogP contribution in [-0.4, -0.2) is 48.4 Å². The molecule has 1 amide bonds. The van der Waals surface area contributed by atoms with Crippen molar-refractivity contribution in [2.75, 3.05) is 6.54 Å². The summed E-state index contributed by atoms with van der Waals surface area (Å²) >= 11 is 0. The van der Waals surface area contributed by atoms with Gasteiger partial charge < -0.3 is 24.7 Å². The van der Waals surface area contributed by atoms with Crippen molar-refractivity contribution in [3.05, 3.63) is 22.6 Å². The highest BCUT2D eigenvalue weighted by Crippen LogP contribution is 2.15. The van der Waals surface area contributed by atoms with Crippen molar-refractivity contribution in [1.82, 2.24) is 14.5 Å². The first-order valence-corrected chi connectivity index (χ1v) is 6.29. The van der Waals surface area contributed by atoms with E-state index in [1.807, 2.05) is 0 Å². The molecule has 0 spiro atoms. The normalized spacial score (nSPS) is 11.2. The highest BCUT2D eigenvalue weighted by atomic mass is 16.6. The molecule has 0 fully saturated rings. The van der Waals surface area contributed by atoms with Crippen molar-refractivity contribution in [2.24, 2.45) is 0 Å². The van der Waals surface area contributed by atoms with E-state index in [0.29, 0.717) is 0 Å². The van der Waals surface area contributed by atoms with Gasteiger partial charge in [-0.3, -0.25) is 9.59 Å². The van der Waals surface area contributed by atoms with Gasteiger partial charge in [0.25, 0.3) is 0 Å². The van der Waals surface area contributed by atoms with Crippen molar-refractivity contribution in [3.63, 3.8) is 0 Å². The molecule has 0 saturated heterocycles. The Labute approximate surface area is 121 Å². The molecule has 21 heavy (non-hydrogen) atoms. The van der Waals surface area contributed by atoms with Gasteiger partial charge in [0, 0.05) is 18.5 Å². The summed E-state index contributed by atoms with van der Waals surface area (Å²) in [4.78, 5) is 37.7. The minimum Gasteiger partial charge on any atom is -0.480 e. The Morgan fingerprint density at radius 3 is 2.52 bits per heavy atom. The maximum atomic E-state index is 12.1. The molecule has 0 aliphatic rings. The van der Waals surface area contributed by atoms with E-state index in [-0.39, 0.29) is 31.2 Å². The molecule has 0 radical (unpaired) electrons. The van der Waals surface area contributed by atoms with E-state index in [4.69, 9.17) is 5.11 Å². The predicted octanol–water partition coefficient (Wildman–Crippen LogP) is 0.893. The highest BCUT2D eigenvalue weighted by molar-refractivity contribution is 5.82. The van der Waals surface area contributed by atoms with E-state index in [9.17, 15) is 19.7 Å². The second-order valence-corrected chi connectivity index (χ2v) is 5.52. The number of carboxylic acid groups (broad SMARTS) is 1. The van der Waals surface area contributed by atoms with Crippen molar-refractivity contribution in [1.29, 1.82) is 0 Å². The van der Waals surface area contributed by atoms with Gasteiger partial charge in [-0.1, -0.05) is 0 Å². The van der Waals surface area contributed by atoms with Gasteiger partial charge in [-0.2, -0.15) is 0 Å². The maximum Gasteiger partial charge on any atom is 0.381 e. The number of imidazole rings is 1. The molecule has 9 nitrogen and oxygen atoms in total. The number of carbonyl (C=O) groups is 2. The molecule has 0 aliphatic heterocycles. The summed E-state index contributed by atoms with van der Waals surface area (Å²) in [5.74, 6) is -1.71. The molecule has 0 aromatic carbocycles. The standard InChI is InChI=1S/C12H18N4O5/c1-12(2,3)15(7-11(18)19)10(17)4-5-14-6-9(13-8-14)16(20)21/h6,8H,4-5,7H2,1-3H3,(H,18,19). The van der Waals surface area contributed by atoms with Crippen LogP contribution in [0.5, 0.6) is 0 Å². The Morgan fingerprint density at radius 1 is 1.48 bits per heavy atom. The largest absolute Gasteiger partial charge is 0.480 e. The molecule has 1 aromatic heterocycles. The van der Waals surface area contributed by atoms with Crippen LogP contribution in [0, 0.1) is 10.1 Å². The Hall–Kier alpha value is -2.45. The van der Waals surface area contributed by atoms with Crippen molar-refractivity contribution in [3.8, 4) is 0 Å². The Bertz CT molecular complexity index is 546. The van der Waals surface area contributed by atoms with Gasteiger partial charge in [0.15, 0.2) is 0 Å². The summed E-state index contributed by atoms with van der Waals surface area (Å²) in [6.07, 6.45) is 2.54. The number of hydrogen-bond donors (Lipinski definition) is 1. The first-order valence-electron chi connectivity index (χ1n) is 6.29. The zero-order valence-electron chi connectivity index (χ0n) is 12.1. The smallest absolute Gasteiger partial charge is 0.381 e.